The summed E-state index contributed by atoms with van der Waals surface area (Å²) in [6.45, 7) is 1.45. The Hall–Kier alpha value is -2.21. The molecule has 1 aromatic rings. The Morgan fingerprint density at radius 1 is 1.26 bits per heavy atom. The van der Waals surface area contributed by atoms with E-state index in [1.54, 1.807) is 6.92 Å². The quantitative estimate of drug-likeness (QED) is 0.782. The highest BCUT2D eigenvalue weighted by Gasteiger charge is 2.39. The van der Waals surface area contributed by atoms with Gasteiger partial charge in [0.1, 0.15) is 0 Å². The molecule has 19 heavy (non-hydrogen) atoms. The second kappa shape index (κ2) is 4.81. The molecule has 1 atom stereocenters. The molecule has 0 bridgehead atoms. The first kappa shape index (κ1) is 13.2. The first-order valence-corrected chi connectivity index (χ1v) is 5.87. The molecule has 6 nitrogen and oxygen atoms in total. The summed E-state index contributed by atoms with van der Waals surface area (Å²) in [5.74, 6) is -2.20. The lowest BCUT2D eigenvalue weighted by atomic mass is 10.1. The normalized spacial score (nSPS) is 15.6. The van der Waals surface area contributed by atoms with Gasteiger partial charge in [-0.25, -0.2) is 4.79 Å². The number of aromatic carboxylic acids is 1. The molecule has 0 aromatic heterocycles. The number of carbonyl (C=O) groups is 3. The molecule has 0 spiro atoms. The molecular weight excluding hydrogens is 250 g/mol. The molecule has 2 amide bonds. The van der Waals surface area contributed by atoms with Crippen LogP contribution in [0.3, 0.4) is 0 Å². The molecular formula is C13H13NO5. The molecule has 6 heteroatoms. The second-order valence-electron chi connectivity index (χ2n) is 4.29. The van der Waals surface area contributed by atoms with Crippen molar-refractivity contribution in [3.8, 4) is 0 Å². The molecule has 1 aliphatic heterocycles. The van der Waals surface area contributed by atoms with E-state index >= 15 is 0 Å². The van der Waals surface area contributed by atoms with Crippen molar-refractivity contribution >= 4 is 17.8 Å². The maximum atomic E-state index is 12.1. The number of rotatable bonds is 4. The van der Waals surface area contributed by atoms with Crippen LogP contribution in [0.2, 0.25) is 0 Å². The maximum absolute atomic E-state index is 12.1. The number of carboxylic acids is 1. The molecule has 0 saturated carbocycles. The van der Waals surface area contributed by atoms with E-state index in [2.05, 4.69) is 0 Å². The van der Waals surface area contributed by atoms with Crippen LogP contribution in [0.1, 0.15) is 44.4 Å². The number of hydrogen-bond donors (Lipinski definition) is 2. The Bertz CT molecular complexity index is 562. The third kappa shape index (κ3) is 2.00. The number of hydrogen-bond acceptors (Lipinski definition) is 4. The number of nitrogens with zero attached hydrogens (tertiary/aromatic N) is 1. The molecule has 1 heterocycles. The van der Waals surface area contributed by atoms with Gasteiger partial charge < -0.3 is 10.2 Å². The smallest absolute Gasteiger partial charge is 0.335 e. The summed E-state index contributed by atoms with van der Waals surface area (Å²) in [7, 11) is 0. The van der Waals surface area contributed by atoms with Crippen LogP contribution in [-0.4, -0.2) is 45.5 Å². The van der Waals surface area contributed by atoms with Gasteiger partial charge in [-0.1, -0.05) is 6.92 Å². The summed E-state index contributed by atoms with van der Waals surface area (Å²) < 4.78 is 0. The largest absolute Gasteiger partial charge is 0.478 e. The van der Waals surface area contributed by atoms with Crippen LogP contribution in [0.15, 0.2) is 18.2 Å². The van der Waals surface area contributed by atoms with Crippen LogP contribution in [-0.2, 0) is 0 Å². The summed E-state index contributed by atoms with van der Waals surface area (Å²) in [6, 6.07) is 3.24. The van der Waals surface area contributed by atoms with Gasteiger partial charge in [0.25, 0.3) is 11.8 Å². The van der Waals surface area contributed by atoms with Crippen LogP contribution >= 0.6 is 0 Å². The van der Waals surface area contributed by atoms with Gasteiger partial charge in [0, 0.05) is 0 Å². The monoisotopic (exact) mass is 263 g/mol. The Balaban J connectivity index is 2.47. The zero-order valence-corrected chi connectivity index (χ0v) is 10.3. The van der Waals surface area contributed by atoms with E-state index in [-0.39, 0.29) is 23.3 Å². The Labute approximate surface area is 109 Å². The Morgan fingerprint density at radius 2 is 1.89 bits per heavy atom. The average molecular weight is 263 g/mol. The van der Waals surface area contributed by atoms with Crippen LogP contribution in [0.4, 0.5) is 0 Å². The third-order valence-corrected chi connectivity index (χ3v) is 3.21. The van der Waals surface area contributed by atoms with E-state index in [1.165, 1.54) is 18.2 Å². The van der Waals surface area contributed by atoms with Crippen molar-refractivity contribution in [3.63, 3.8) is 0 Å². The van der Waals surface area contributed by atoms with Crippen molar-refractivity contribution in [1.82, 2.24) is 4.90 Å². The fraction of sp³-hybridized carbons (Fsp3) is 0.308. The lowest BCUT2D eigenvalue weighted by Crippen LogP contribution is -2.41. The lowest BCUT2D eigenvalue weighted by molar-refractivity contribution is 0.0511. The van der Waals surface area contributed by atoms with E-state index in [0.717, 1.165) is 4.90 Å². The van der Waals surface area contributed by atoms with Gasteiger partial charge in [-0.2, -0.15) is 0 Å². The molecule has 1 aliphatic rings. The number of aliphatic hydroxyl groups excluding tert-OH is 1. The van der Waals surface area contributed by atoms with Crippen LogP contribution in [0, 0.1) is 0 Å². The van der Waals surface area contributed by atoms with Crippen LogP contribution in [0.5, 0.6) is 0 Å². The number of imide groups is 1. The summed E-state index contributed by atoms with van der Waals surface area (Å²) in [6.07, 6.45) is 0.438. The predicted molar refractivity (Wildman–Crippen MR) is 65.1 cm³/mol. The van der Waals surface area contributed by atoms with E-state index in [4.69, 9.17) is 5.11 Å². The Kier molecular flexibility index (Phi) is 3.35. The minimum Gasteiger partial charge on any atom is -0.478 e. The summed E-state index contributed by atoms with van der Waals surface area (Å²) >= 11 is 0. The molecule has 2 N–H and O–H groups in total. The van der Waals surface area contributed by atoms with E-state index in [9.17, 15) is 19.5 Å². The molecule has 1 aromatic carbocycles. The first-order valence-electron chi connectivity index (χ1n) is 5.87. The minimum absolute atomic E-state index is 0.0428. The highest BCUT2D eigenvalue weighted by Crippen LogP contribution is 2.26. The van der Waals surface area contributed by atoms with Crippen LogP contribution < -0.4 is 0 Å². The molecule has 2 rings (SSSR count). The second-order valence-corrected chi connectivity index (χ2v) is 4.29. The number of aliphatic hydroxyl groups is 1. The lowest BCUT2D eigenvalue weighted by Gasteiger charge is -2.22. The van der Waals surface area contributed by atoms with Gasteiger partial charge in [0.2, 0.25) is 0 Å². The topological polar surface area (TPSA) is 94.9 Å². The average Bonchev–Trinajstić information content (AvgIpc) is 2.65. The zero-order valence-electron chi connectivity index (χ0n) is 10.3. The molecule has 0 radical (unpaired) electrons. The minimum atomic E-state index is -1.16. The molecule has 0 aliphatic carbocycles. The van der Waals surface area contributed by atoms with Crippen molar-refractivity contribution in [2.45, 2.75) is 19.4 Å². The zero-order chi connectivity index (χ0) is 14.2. The SMILES string of the molecule is CCC(CO)N1C(=O)c2ccc(C(=O)O)cc2C1=O. The Morgan fingerprint density at radius 3 is 2.42 bits per heavy atom. The van der Waals surface area contributed by atoms with Gasteiger partial charge in [-0.15, -0.1) is 0 Å². The first-order chi connectivity index (χ1) is 9.01. The van der Waals surface area contributed by atoms with Crippen molar-refractivity contribution in [2.24, 2.45) is 0 Å². The van der Waals surface area contributed by atoms with Crippen molar-refractivity contribution in [2.75, 3.05) is 6.61 Å². The van der Waals surface area contributed by atoms with Crippen molar-refractivity contribution in [3.05, 3.63) is 34.9 Å². The number of carboxylic acid groups (broad SMARTS) is 1. The maximum Gasteiger partial charge on any atom is 0.335 e. The molecule has 0 fully saturated rings. The fourth-order valence-electron chi connectivity index (χ4n) is 2.12. The van der Waals surface area contributed by atoms with E-state index in [1.807, 2.05) is 0 Å². The van der Waals surface area contributed by atoms with Crippen LogP contribution in [0.25, 0.3) is 0 Å². The number of benzene rings is 1. The summed E-state index contributed by atoms with van der Waals surface area (Å²) in [5.41, 5.74) is 0.220. The number of amides is 2. The molecule has 100 valence electrons. The third-order valence-electron chi connectivity index (χ3n) is 3.21. The highest BCUT2D eigenvalue weighted by atomic mass is 16.4. The summed E-state index contributed by atoms with van der Waals surface area (Å²) in [4.78, 5) is 36.1. The van der Waals surface area contributed by atoms with Crippen molar-refractivity contribution in [1.29, 1.82) is 0 Å². The molecule has 0 saturated heterocycles. The van der Waals surface area contributed by atoms with Gasteiger partial charge in [-0.05, 0) is 24.6 Å². The van der Waals surface area contributed by atoms with Gasteiger partial charge in [-0.3, -0.25) is 14.5 Å². The van der Waals surface area contributed by atoms with E-state index < -0.39 is 23.8 Å². The number of fused-ring (bicyclic) bond motifs is 1. The van der Waals surface area contributed by atoms with Gasteiger partial charge in [0.15, 0.2) is 0 Å². The van der Waals surface area contributed by atoms with Gasteiger partial charge >= 0.3 is 5.97 Å². The van der Waals surface area contributed by atoms with Crippen molar-refractivity contribution < 1.29 is 24.6 Å². The summed E-state index contributed by atoms with van der Waals surface area (Å²) in [5, 5.41) is 18.1. The fourth-order valence-corrected chi connectivity index (χ4v) is 2.12. The molecule has 1 unspecified atom stereocenters. The highest BCUT2D eigenvalue weighted by molar-refractivity contribution is 6.22. The predicted octanol–water partition coefficient (Wildman–Crippen LogP) is 0.752. The van der Waals surface area contributed by atoms with Gasteiger partial charge in [0.05, 0.1) is 29.3 Å². The van der Waals surface area contributed by atoms with E-state index in [0.29, 0.717) is 6.42 Å². The standard InChI is InChI=1S/C13H13NO5/c1-2-8(6-15)14-11(16)9-4-3-7(13(18)19)5-10(9)12(14)17/h3-5,8,15H,2,6H2,1H3,(H,18,19). The number of carbonyl (C=O) groups excluding carboxylic acids is 2.